The highest BCUT2D eigenvalue weighted by Gasteiger charge is 2.17. The molecule has 0 aliphatic heterocycles. The number of nitrogens with zero attached hydrogens (tertiary/aromatic N) is 2. The Balaban J connectivity index is 2.03. The van der Waals surface area contributed by atoms with Crippen molar-refractivity contribution in [2.75, 3.05) is 0 Å². The maximum atomic E-state index is 11.8. The molecule has 0 aliphatic rings. The Morgan fingerprint density at radius 3 is 2.65 bits per heavy atom. The fourth-order valence-corrected chi connectivity index (χ4v) is 2.53. The molecule has 0 radical (unpaired) electrons. The van der Waals surface area contributed by atoms with Gasteiger partial charge in [0.1, 0.15) is 17.2 Å². The number of nitrogens with one attached hydrogen (secondary N) is 1. The Hall–Kier alpha value is -2.34. The summed E-state index contributed by atoms with van der Waals surface area (Å²) in [6.07, 6.45) is -0.395. The second kappa shape index (κ2) is 5.70. The van der Waals surface area contributed by atoms with Crippen molar-refractivity contribution in [3.8, 4) is 5.75 Å². The van der Waals surface area contributed by atoms with E-state index in [1.165, 1.54) is 0 Å². The number of ether oxygens (including phenoxy) is 1. The Kier molecular flexibility index (Phi) is 3.85. The van der Waals surface area contributed by atoms with Gasteiger partial charge in [0.2, 0.25) is 0 Å². The van der Waals surface area contributed by atoms with Crippen LogP contribution in [0.15, 0.2) is 21.3 Å². The van der Waals surface area contributed by atoms with E-state index in [1.54, 1.807) is 19.1 Å². The first-order valence-corrected chi connectivity index (χ1v) is 7.53. The number of hydrogen-bond donors (Lipinski definition) is 1. The van der Waals surface area contributed by atoms with Crippen molar-refractivity contribution >= 4 is 22.6 Å². The smallest absolute Gasteiger partial charge is 0.339 e. The summed E-state index contributed by atoms with van der Waals surface area (Å²) in [5.41, 5.74) is 1.51. The third-order valence-electron chi connectivity index (χ3n) is 3.79. The van der Waals surface area contributed by atoms with Crippen LogP contribution in [0.5, 0.6) is 5.75 Å². The molecule has 0 amide bonds. The van der Waals surface area contributed by atoms with Gasteiger partial charge in [-0.25, -0.2) is 9.78 Å². The quantitative estimate of drug-likeness (QED) is 0.740. The van der Waals surface area contributed by atoms with Crippen LogP contribution in [0, 0.1) is 20.8 Å². The first-order valence-electron chi connectivity index (χ1n) is 7.16. The molecule has 2 heterocycles. The molecule has 0 spiro atoms. The zero-order valence-corrected chi connectivity index (χ0v) is 14.0. The third-order valence-corrected chi connectivity index (χ3v) is 4.09. The van der Waals surface area contributed by atoms with Gasteiger partial charge in [-0.2, -0.15) is 5.10 Å². The van der Waals surface area contributed by atoms with E-state index in [0.29, 0.717) is 33.6 Å². The van der Waals surface area contributed by atoms with Crippen molar-refractivity contribution in [3.63, 3.8) is 0 Å². The van der Waals surface area contributed by atoms with E-state index in [-0.39, 0.29) is 5.63 Å². The highest BCUT2D eigenvalue weighted by molar-refractivity contribution is 6.32. The number of H-pyrrole nitrogens is 1. The normalized spacial score (nSPS) is 12.6. The van der Waals surface area contributed by atoms with Crippen LogP contribution < -0.4 is 10.4 Å². The van der Waals surface area contributed by atoms with Gasteiger partial charge in [-0.3, -0.25) is 5.10 Å². The molecule has 1 atom stereocenters. The summed E-state index contributed by atoms with van der Waals surface area (Å²) in [7, 11) is 0. The summed E-state index contributed by atoms with van der Waals surface area (Å²) in [6, 6.07) is 3.37. The largest absolute Gasteiger partial charge is 0.481 e. The summed E-state index contributed by atoms with van der Waals surface area (Å²) >= 11 is 6.31. The van der Waals surface area contributed by atoms with E-state index in [9.17, 15) is 4.79 Å². The van der Waals surface area contributed by atoms with Gasteiger partial charge in [0, 0.05) is 17.0 Å². The number of aromatic amines is 1. The molecule has 6 nitrogen and oxygen atoms in total. The van der Waals surface area contributed by atoms with Crippen LogP contribution in [-0.2, 0) is 0 Å². The third kappa shape index (κ3) is 2.82. The Morgan fingerprint density at radius 2 is 2.00 bits per heavy atom. The van der Waals surface area contributed by atoms with Gasteiger partial charge in [-0.1, -0.05) is 11.6 Å². The zero-order chi connectivity index (χ0) is 16.7. The highest BCUT2D eigenvalue weighted by atomic mass is 35.5. The van der Waals surface area contributed by atoms with Crippen molar-refractivity contribution in [1.82, 2.24) is 15.2 Å². The van der Waals surface area contributed by atoms with Crippen LogP contribution in [0.3, 0.4) is 0 Å². The van der Waals surface area contributed by atoms with Gasteiger partial charge in [0.15, 0.2) is 11.9 Å². The highest BCUT2D eigenvalue weighted by Crippen LogP contribution is 2.33. The fourth-order valence-electron chi connectivity index (χ4n) is 2.32. The van der Waals surface area contributed by atoms with Crippen LogP contribution in [0.2, 0.25) is 5.02 Å². The van der Waals surface area contributed by atoms with E-state index in [1.807, 2.05) is 20.8 Å². The molecule has 2 aromatic heterocycles. The molecule has 0 aliphatic carbocycles. The van der Waals surface area contributed by atoms with Gasteiger partial charge in [0.25, 0.3) is 0 Å². The molecule has 0 saturated carbocycles. The minimum Gasteiger partial charge on any atom is -0.481 e. The number of aryl methyl sites for hydroxylation is 2. The number of halogens is 1. The van der Waals surface area contributed by atoms with Crippen molar-refractivity contribution in [3.05, 3.63) is 50.4 Å². The predicted molar refractivity (Wildman–Crippen MR) is 87.1 cm³/mol. The van der Waals surface area contributed by atoms with Gasteiger partial charge in [0.05, 0.1) is 5.02 Å². The molecule has 1 N–H and O–H groups in total. The molecule has 3 aromatic rings. The van der Waals surface area contributed by atoms with E-state index in [2.05, 4.69) is 15.2 Å². The van der Waals surface area contributed by atoms with Crippen molar-refractivity contribution in [2.45, 2.75) is 33.8 Å². The predicted octanol–water partition coefficient (Wildman–Crippen LogP) is 3.63. The van der Waals surface area contributed by atoms with Gasteiger partial charge >= 0.3 is 5.63 Å². The maximum absolute atomic E-state index is 11.8. The topological polar surface area (TPSA) is 81.0 Å². The first-order chi connectivity index (χ1) is 10.9. The number of aromatic nitrogens is 3. The first kappa shape index (κ1) is 15.6. The molecule has 1 aromatic carbocycles. The Bertz CT molecular complexity index is 946. The van der Waals surface area contributed by atoms with Crippen molar-refractivity contribution in [2.24, 2.45) is 0 Å². The lowest BCUT2D eigenvalue weighted by atomic mass is 10.1. The molecule has 0 saturated heterocycles. The minimum atomic E-state index is -0.395. The summed E-state index contributed by atoms with van der Waals surface area (Å²) in [5.74, 6) is 1.65. The summed E-state index contributed by atoms with van der Waals surface area (Å²) in [5, 5.41) is 8.06. The standard InChI is InChI=1S/C16H16ClN3O3/c1-7-8(2)16(21)23-13-6-14(12(17)5-11(7)13)22-9(3)15-18-10(4)19-20-15/h5-6,9H,1-4H3,(H,18,19,20)/t9-/m1/s1. The van der Waals surface area contributed by atoms with Crippen molar-refractivity contribution in [1.29, 1.82) is 0 Å². The molecular formula is C16H16ClN3O3. The molecular weight excluding hydrogens is 318 g/mol. The minimum absolute atomic E-state index is 0.360. The van der Waals surface area contributed by atoms with E-state index >= 15 is 0 Å². The van der Waals surface area contributed by atoms with Crippen LogP contribution >= 0.6 is 11.6 Å². The molecule has 0 bridgehead atoms. The molecule has 0 fully saturated rings. The summed E-state index contributed by atoms with van der Waals surface area (Å²) < 4.78 is 11.2. The molecule has 7 heteroatoms. The van der Waals surface area contributed by atoms with Crippen LogP contribution in [0.4, 0.5) is 0 Å². The zero-order valence-electron chi connectivity index (χ0n) is 13.2. The molecule has 23 heavy (non-hydrogen) atoms. The number of rotatable bonds is 3. The van der Waals surface area contributed by atoms with Crippen LogP contribution in [0.25, 0.3) is 11.0 Å². The van der Waals surface area contributed by atoms with E-state index in [4.69, 9.17) is 20.8 Å². The number of benzene rings is 1. The van der Waals surface area contributed by atoms with Crippen LogP contribution in [0.1, 0.15) is 35.8 Å². The number of fused-ring (bicyclic) bond motifs is 1. The van der Waals surface area contributed by atoms with Crippen LogP contribution in [-0.4, -0.2) is 15.2 Å². The second-order valence-corrected chi connectivity index (χ2v) is 5.86. The lowest BCUT2D eigenvalue weighted by Gasteiger charge is -2.14. The lowest BCUT2D eigenvalue weighted by Crippen LogP contribution is -2.07. The Labute approximate surface area is 137 Å². The van der Waals surface area contributed by atoms with Gasteiger partial charge in [-0.05, 0) is 39.3 Å². The Morgan fingerprint density at radius 1 is 1.26 bits per heavy atom. The van der Waals surface area contributed by atoms with E-state index < -0.39 is 6.10 Å². The van der Waals surface area contributed by atoms with Crippen molar-refractivity contribution < 1.29 is 9.15 Å². The number of hydrogen-bond acceptors (Lipinski definition) is 5. The average molecular weight is 334 g/mol. The fraction of sp³-hybridized carbons (Fsp3) is 0.312. The second-order valence-electron chi connectivity index (χ2n) is 5.46. The summed E-state index contributed by atoms with van der Waals surface area (Å²) in [4.78, 5) is 16.1. The molecule has 120 valence electrons. The molecule has 3 rings (SSSR count). The molecule has 0 unspecified atom stereocenters. The SMILES string of the molecule is Cc1nc([C@@H](C)Oc2cc3oc(=O)c(C)c(C)c3cc2Cl)n[nH]1. The van der Waals surface area contributed by atoms with Gasteiger partial charge in [-0.15, -0.1) is 0 Å². The lowest BCUT2D eigenvalue weighted by molar-refractivity contribution is 0.217. The average Bonchev–Trinajstić information content (AvgIpc) is 2.94. The van der Waals surface area contributed by atoms with E-state index in [0.717, 1.165) is 10.9 Å². The maximum Gasteiger partial charge on any atom is 0.339 e. The van der Waals surface area contributed by atoms with Gasteiger partial charge < -0.3 is 9.15 Å². The summed E-state index contributed by atoms with van der Waals surface area (Å²) in [6.45, 7) is 7.22. The monoisotopic (exact) mass is 333 g/mol.